The van der Waals surface area contributed by atoms with Crippen LogP contribution in [0.2, 0.25) is 0 Å². The molecule has 0 unspecified atom stereocenters. The van der Waals surface area contributed by atoms with Gasteiger partial charge in [-0.1, -0.05) is 30.3 Å². The molecule has 0 aliphatic carbocycles. The van der Waals surface area contributed by atoms with Crippen LogP contribution in [0.4, 0.5) is 0 Å². The van der Waals surface area contributed by atoms with Crippen LogP contribution in [-0.2, 0) is 0 Å². The molecule has 0 spiro atoms. The van der Waals surface area contributed by atoms with Crippen LogP contribution in [0.25, 0.3) is 21.3 Å². The Balaban J connectivity index is 2.15. The Bertz CT molecular complexity index is 737. The largest absolute Gasteiger partial charge is 0.490 e. The van der Waals surface area contributed by atoms with Gasteiger partial charge >= 0.3 is 0 Å². The number of benzene rings is 2. The molecule has 2 aromatic carbocycles. The minimum atomic E-state index is 0.615. The Morgan fingerprint density at radius 1 is 0.952 bits per heavy atom. The maximum atomic E-state index is 5.71. The van der Waals surface area contributed by atoms with Crippen LogP contribution >= 0.6 is 11.5 Å². The minimum absolute atomic E-state index is 0.615. The summed E-state index contributed by atoms with van der Waals surface area (Å²) < 4.78 is 17.1. The van der Waals surface area contributed by atoms with Gasteiger partial charge in [0.2, 0.25) is 0 Å². The molecule has 0 aliphatic heterocycles. The third-order valence-electron chi connectivity index (χ3n) is 3.18. The Kier molecular flexibility index (Phi) is 4.06. The predicted molar refractivity (Wildman–Crippen MR) is 87.4 cm³/mol. The summed E-state index contributed by atoms with van der Waals surface area (Å²) in [5.74, 6) is 1.57. The Labute approximate surface area is 128 Å². The first-order valence-electron chi connectivity index (χ1n) is 7.08. The topological polar surface area (TPSA) is 31.4 Å². The summed E-state index contributed by atoms with van der Waals surface area (Å²) in [5.41, 5.74) is 2.12. The number of ether oxygens (including phenoxy) is 2. The van der Waals surface area contributed by atoms with Crippen LogP contribution in [0, 0.1) is 0 Å². The molecule has 4 heteroatoms. The summed E-state index contributed by atoms with van der Waals surface area (Å²) in [4.78, 5) is 0. The standard InChI is InChI=1S/C17H17NO2S/c1-3-19-14-10-13-16(11-15(14)20-4-2)21-18-17(13)12-8-6-5-7-9-12/h5-11H,3-4H2,1-2H3. The summed E-state index contributed by atoms with van der Waals surface area (Å²) >= 11 is 1.49. The van der Waals surface area contributed by atoms with Gasteiger partial charge < -0.3 is 9.47 Å². The van der Waals surface area contributed by atoms with Gasteiger partial charge in [0.05, 0.1) is 23.6 Å². The first kappa shape index (κ1) is 13.9. The summed E-state index contributed by atoms with van der Waals surface area (Å²) in [5, 5.41) is 1.11. The zero-order valence-electron chi connectivity index (χ0n) is 12.1. The fourth-order valence-corrected chi connectivity index (χ4v) is 3.09. The average Bonchev–Trinajstić information content (AvgIpc) is 2.92. The summed E-state index contributed by atoms with van der Waals surface area (Å²) in [6.45, 7) is 5.19. The molecule has 0 saturated carbocycles. The van der Waals surface area contributed by atoms with Gasteiger partial charge in [-0.05, 0) is 31.4 Å². The Hall–Kier alpha value is -2.07. The summed E-state index contributed by atoms with van der Waals surface area (Å²) in [6, 6.07) is 14.3. The number of aromatic nitrogens is 1. The second-order valence-corrected chi connectivity index (χ2v) is 5.36. The van der Waals surface area contributed by atoms with Crippen LogP contribution in [0.1, 0.15) is 13.8 Å². The van der Waals surface area contributed by atoms with Crippen molar-refractivity contribution in [1.82, 2.24) is 4.37 Å². The molecule has 21 heavy (non-hydrogen) atoms. The van der Waals surface area contributed by atoms with E-state index < -0.39 is 0 Å². The van der Waals surface area contributed by atoms with Gasteiger partial charge in [0.25, 0.3) is 0 Å². The van der Waals surface area contributed by atoms with E-state index in [4.69, 9.17) is 9.47 Å². The van der Waals surface area contributed by atoms with E-state index in [-0.39, 0.29) is 0 Å². The van der Waals surface area contributed by atoms with Crippen molar-refractivity contribution in [3.8, 4) is 22.8 Å². The SMILES string of the molecule is CCOc1cc2snc(-c3ccccc3)c2cc1OCC. The summed E-state index contributed by atoms with van der Waals surface area (Å²) in [6.07, 6.45) is 0. The fraction of sp³-hybridized carbons (Fsp3) is 0.235. The van der Waals surface area contributed by atoms with E-state index in [2.05, 4.69) is 16.5 Å². The Morgan fingerprint density at radius 3 is 2.29 bits per heavy atom. The zero-order valence-corrected chi connectivity index (χ0v) is 12.9. The highest BCUT2D eigenvalue weighted by Crippen LogP contribution is 2.39. The van der Waals surface area contributed by atoms with E-state index in [0.717, 1.165) is 32.8 Å². The quantitative estimate of drug-likeness (QED) is 0.680. The van der Waals surface area contributed by atoms with Gasteiger partial charge in [-0.2, -0.15) is 4.37 Å². The fourth-order valence-electron chi connectivity index (χ4n) is 2.29. The molecule has 1 aromatic heterocycles. The van der Waals surface area contributed by atoms with Crippen molar-refractivity contribution < 1.29 is 9.47 Å². The first-order valence-corrected chi connectivity index (χ1v) is 7.85. The molecule has 0 amide bonds. The Morgan fingerprint density at radius 2 is 1.62 bits per heavy atom. The van der Waals surface area contributed by atoms with E-state index >= 15 is 0 Å². The number of fused-ring (bicyclic) bond motifs is 1. The number of hydrogen-bond acceptors (Lipinski definition) is 4. The van der Waals surface area contributed by atoms with Gasteiger partial charge in [0.1, 0.15) is 0 Å². The second kappa shape index (κ2) is 6.14. The number of nitrogens with zero attached hydrogens (tertiary/aromatic N) is 1. The maximum absolute atomic E-state index is 5.71. The van der Waals surface area contributed by atoms with Crippen LogP contribution in [0.3, 0.4) is 0 Å². The highest BCUT2D eigenvalue weighted by Gasteiger charge is 2.14. The van der Waals surface area contributed by atoms with Crippen molar-refractivity contribution in [2.75, 3.05) is 13.2 Å². The second-order valence-electron chi connectivity index (χ2n) is 4.56. The normalized spacial score (nSPS) is 10.8. The van der Waals surface area contributed by atoms with Gasteiger partial charge in [0, 0.05) is 17.0 Å². The van der Waals surface area contributed by atoms with Crippen molar-refractivity contribution in [3.05, 3.63) is 42.5 Å². The van der Waals surface area contributed by atoms with Gasteiger partial charge in [-0.25, -0.2) is 0 Å². The van der Waals surface area contributed by atoms with Crippen LogP contribution in [0.5, 0.6) is 11.5 Å². The van der Waals surface area contributed by atoms with Crippen LogP contribution in [-0.4, -0.2) is 17.6 Å². The maximum Gasteiger partial charge on any atom is 0.162 e. The molecule has 3 aromatic rings. The van der Waals surface area contributed by atoms with E-state index in [0.29, 0.717) is 13.2 Å². The lowest BCUT2D eigenvalue weighted by molar-refractivity contribution is 0.288. The molecule has 0 atom stereocenters. The lowest BCUT2D eigenvalue weighted by atomic mass is 10.1. The molecule has 1 heterocycles. The van der Waals surface area contributed by atoms with Crippen LogP contribution in [0.15, 0.2) is 42.5 Å². The van der Waals surface area contributed by atoms with Gasteiger partial charge in [-0.15, -0.1) is 0 Å². The lowest BCUT2D eigenvalue weighted by Gasteiger charge is -2.11. The number of hydrogen-bond donors (Lipinski definition) is 0. The highest BCUT2D eigenvalue weighted by molar-refractivity contribution is 7.13. The van der Waals surface area contributed by atoms with Crippen molar-refractivity contribution in [2.45, 2.75) is 13.8 Å². The molecule has 0 saturated heterocycles. The van der Waals surface area contributed by atoms with E-state index in [1.54, 1.807) is 0 Å². The van der Waals surface area contributed by atoms with Crippen molar-refractivity contribution in [1.29, 1.82) is 0 Å². The molecule has 3 rings (SSSR count). The van der Waals surface area contributed by atoms with Crippen molar-refractivity contribution in [3.63, 3.8) is 0 Å². The molecular formula is C17H17NO2S. The van der Waals surface area contributed by atoms with E-state index in [1.807, 2.05) is 44.2 Å². The predicted octanol–water partition coefficient (Wildman–Crippen LogP) is 4.76. The first-order chi connectivity index (χ1) is 10.3. The highest BCUT2D eigenvalue weighted by atomic mass is 32.1. The van der Waals surface area contributed by atoms with Gasteiger partial charge in [-0.3, -0.25) is 0 Å². The molecule has 3 nitrogen and oxygen atoms in total. The molecule has 0 N–H and O–H groups in total. The average molecular weight is 299 g/mol. The molecular weight excluding hydrogens is 282 g/mol. The molecule has 0 radical (unpaired) electrons. The van der Waals surface area contributed by atoms with Crippen molar-refractivity contribution in [2.24, 2.45) is 0 Å². The summed E-state index contributed by atoms with van der Waals surface area (Å²) in [7, 11) is 0. The van der Waals surface area contributed by atoms with E-state index in [9.17, 15) is 0 Å². The minimum Gasteiger partial charge on any atom is -0.490 e. The third kappa shape index (κ3) is 2.72. The smallest absolute Gasteiger partial charge is 0.162 e. The van der Waals surface area contributed by atoms with Crippen LogP contribution < -0.4 is 9.47 Å². The van der Waals surface area contributed by atoms with E-state index in [1.165, 1.54) is 11.5 Å². The lowest BCUT2D eigenvalue weighted by Crippen LogP contribution is -1.98. The molecule has 0 bridgehead atoms. The molecule has 108 valence electrons. The third-order valence-corrected chi connectivity index (χ3v) is 3.99. The van der Waals surface area contributed by atoms with Crippen molar-refractivity contribution >= 4 is 21.6 Å². The molecule has 0 aliphatic rings. The monoisotopic (exact) mass is 299 g/mol. The van der Waals surface area contributed by atoms with Gasteiger partial charge in [0.15, 0.2) is 11.5 Å². The number of rotatable bonds is 5. The molecule has 0 fully saturated rings. The zero-order chi connectivity index (χ0) is 14.7.